The lowest BCUT2D eigenvalue weighted by atomic mass is 10.0. The lowest BCUT2D eigenvalue weighted by Gasteiger charge is -2.19. The smallest absolute Gasteiger partial charge is 0.124 e. The van der Waals surface area contributed by atoms with Gasteiger partial charge in [-0.2, -0.15) is 0 Å². The number of rotatable bonds is 5. The molecule has 1 heterocycles. The van der Waals surface area contributed by atoms with Gasteiger partial charge in [0.25, 0.3) is 0 Å². The maximum atomic E-state index is 5.64. The number of nitrogens with one attached hydrogen (secondary N) is 1. The zero-order chi connectivity index (χ0) is 12.8. The summed E-state index contributed by atoms with van der Waals surface area (Å²) in [6.07, 6.45) is 4.96. The largest absolute Gasteiger partial charge is 0.494 e. The summed E-state index contributed by atoms with van der Waals surface area (Å²) in [5.74, 6) is 6.45. The van der Waals surface area contributed by atoms with Crippen molar-refractivity contribution < 1.29 is 4.74 Å². The molecule has 0 bridgehead atoms. The van der Waals surface area contributed by atoms with Gasteiger partial charge in [-0.3, -0.25) is 5.84 Å². The van der Waals surface area contributed by atoms with Crippen LogP contribution in [-0.4, -0.2) is 16.6 Å². The van der Waals surface area contributed by atoms with Crippen molar-refractivity contribution in [3.63, 3.8) is 0 Å². The zero-order valence-corrected chi connectivity index (χ0v) is 10.2. The van der Waals surface area contributed by atoms with Gasteiger partial charge in [0, 0.05) is 23.5 Å². The third-order valence-electron chi connectivity index (χ3n) is 2.61. The van der Waals surface area contributed by atoms with Gasteiger partial charge in [-0.05, 0) is 13.0 Å². The van der Waals surface area contributed by atoms with E-state index in [1.165, 1.54) is 6.33 Å². The first-order chi connectivity index (χ1) is 8.86. The van der Waals surface area contributed by atoms with E-state index in [1.807, 2.05) is 31.2 Å². The second-order valence-corrected chi connectivity index (χ2v) is 3.74. The maximum Gasteiger partial charge on any atom is 0.124 e. The van der Waals surface area contributed by atoms with Crippen LogP contribution in [0.5, 0.6) is 5.75 Å². The molecule has 0 fully saturated rings. The number of para-hydroxylation sites is 1. The minimum atomic E-state index is -0.186. The molecule has 94 valence electrons. The van der Waals surface area contributed by atoms with Gasteiger partial charge in [0.2, 0.25) is 0 Å². The van der Waals surface area contributed by atoms with E-state index in [1.54, 1.807) is 12.4 Å². The molecule has 0 aliphatic heterocycles. The molecule has 0 amide bonds. The summed E-state index contributed by atoms with van der Waals surface area (Å²) in [5.41, 5.74) is 4.64. The number of ether oxygens (including phenoxy) is 1. The van der Waals surface area contributed by atoms with E-state index >= 15 is 0 Å². The quantitative estimate of drug-likeness (QED) is 0.615. The van der Waals surface area contributed by atoms with Crippen LogP contribution in [0.25, 0.3) is 0 Å². The topological polar surface area (TPSA) is 73.1 Å². The number of aromatic nitrogens is 2. The van der Waals surface area contributed by atoms with Crippen LogP contribution < -0.4 is 16.0 Å². The first kappa shape index (κ1) is 12.5. The van der Waals surface area contributed by atoms with Crippen LogP contribution in [0.15, 0.2) is 43.0 Å². The fraction of sp³-hybridized carbons (Fsp3) is 0.231. The van der Waals surface area contributed by atoms with Gasteiger partial charge in [0.05, 0.1) is 12.6 Å². The molecule has 3 N–H and O–H groups in total. The first-order valence-electron chi connectivity index (χ1n) is 5.79. The van der Waals surface area contributed by atoms with E-state index in [-0.39, 0.29) is 6.04 Å². The predicted octanol–water partition coefficient (Wildman–Crippen LogP) is 1.43. The van der Waals surface area contributed by atoms with Crippen molar-refractivity contribution in [2.24, 2.45) is 5.84 Å². The third-order valence-corrected chi connectivity index (χ3v) is 2.61. The van der Waals surface area contributed by atoms with Crippen molar-refractivity contribution in [2.75, 3.05) is 6.61 Å². The number of hydrogen-bond donors (Lipinski definition) is 2. The molecular weight excluding hydrogens is 228 g/mol. The van der Waals surface area contributed by atoms with Gasteiger partial charge >= 0.3 is 0 Å². The van der Waals surface area contributed by atoms with Crippen molar-refractivity contribution in [1.82, 2.24) is 15.4 Å². The van der Waals surface area contributed by atoms with Crippen LogP contribution in [0, 0.1) is 0 Å². The molecule has 1 aromatic heterocycles. The third kappa shape index (κ3) is 2.64. The van der Waals surface area contributed by atoms with E-state index in [0.29, 0.717) is 6.61 Å². The molecule has 0 aliphatic rings. The fourth-order valence-corrected chi connectivity index (χ4v) is 1.83. The molecule has 0 radical (unpaired) electrons. The van der Waals surface area contributed by atoms with Crippen molar-refractivity contribution in [3.05, 3.63) is 54.1 Å². The first-order valence-corrected chi connectivity index (χ1v) is 5.79. The highest BCUT2D eigenvalue weighted by Gasteiger charge is 2.17. The molecule has 5 nitrogen and oxygen atoms in total. The monoisotopic (exact) mass is 244 g/mol. The Labute approximate surface area is 106 Å². The molecule has 1 unspecified atom stereocenters. The zero-order valence-electron chi connectivity index (χ0n) is 10.2. The molecule has 2 rings (SSSR count). The Bertz CT molecular complexity index is 489. The molecule has 0 saturated carbocycles. The highest BCUT2D eigenvalue weighted by molar-refractivity contribution is 5.40. The lowest BCUT2D eigenvalue weighted by molar-refractivity contribution is 0.333. The van der Waals surface area contributed by atoms with E-state index in [4.69, 9.17) is 10.6 Å². The number of nitrogens with zero attached hydrogens (tertiary/aromatic N) is 2. The summed E-state index contributed by atoms with van der Waals surface area (Å²) in [4.78, 5) is 8.01. The molecule has 0 aliphatic carbocycles. The molecule has 0 saturated heterocycles. The van der Waals surface area contributed by atoms with Crippen LogP contribution in [-0.2, 0) is 0 Å². The molecule has 18 heavy (non-hydrogen) atoms. The average Bonchev–Trinajstić information content (AvgIpc) is 2.43. The lowest BCUT2D eigenvalue weighted by Crippen LogP contribution is -2.29. The van der Waals surface area contributed by atoms with Crippen molar-refractivity contribution in [1.29, 1.82) is 0 Å². The highest BCUT2D eigenvalue weighted by atomic mass is 16.5. The van der Waals surface area contributed by atoms with Crippen LogP contribution >= 0.6 is 0 Å². The molecule has 1 aromatic carbocycles. The van der Waals surface area contributed by atoms with Crippen molar-refractivity contribution in [2.45, 2.75) is 13.0 Å². The number of benzene rings is 1. The predicted molar refractivity (Wildman–Crippen MR) is 68.8 cm³/mol. The number of nitrogens with two attached hydrogens (primary N) is 1. The number of hydrazine groups is 1. The second kappa shape index (κ2) is 6.09. The summed E-state index contributed by atoms with van der Waals surface area (Å²) in [7, 11) is 0. The standard InChI is InChI=1S/C13H16N4O/c1-2-18-12-6-4-3-5-11(12)13(17-14)10-7-15-9-16-8-10/h3-9,13,17H,2,14H2,1H3. The van der Waals surface area contributed by atoms with E-state index in [0.717, 1.165) is 16.9 Å². The van der Waals surface area contributed by atoms with E-state index < -0.39 is 0 Å². The van der Waals surface area contributed by atoms with Gasteiger partial charge in [0.15, 0.2) is 0 Å². The van der Waals surface area contributed by atoms with E-state index in [9.17, 15) is 0 Å². The molecule has 5 heteroatoms. The molecule has 1 atom stereocenters. The highest BCUT2D eigenvalue weighted by Crippen LogP contribution is 2.28. The summed E-state index contributed by atoms with van der Waals surface area (Å²) in [6, 6.07) is 7.60. The van der Waals surface area contributed by atoms with Gasteiger partial charge in [-0.1, -0.05) is 18.2 Å². The van der Waals surface area contributed by atoms with Crippen LogP contribution in [0.2, 0.25) is 0 Å². The Kier molecular flexibility index (Phi) is 4.22. The normalized spacial score (nSPS) is 12.1. The molecular formula is C13H16N4O. The summed E-state index contributed by atoms with van der Waals surface area (Å²) in [5, 5.41) is 0. The Morgan fingerprint density at radius 3 is 2.67 bits per heavy atom. The summed E-state index contributed by atoms with van der Waals surface area (Å²) < 4.78 is 5.60. The summed E-state index contributed by atoms with van der Waals surface area (Å²) in [6.45, 7) is 2.56. The Hall–Kier alpha value is -1.98. The minimum Gasteiger partial charge on any atom is -0.494 e. The van der Waals surface area contributed by atoms with Crippen molar-refractivity contribution in [3.8, 4) is 5.75 Å². The average molecular weight is 244 g/mol. The van der Waals surface area contributed by atoms with E-state index in [2.05, 4.69) is 15.4 Å². The second-order valence-electron chi connectivity index (χ2n) is 3.74. The summed E-state index contributed by atoms with van der Waals surface area (Å²) >= 11 is 0. The number of hydrogen-bond acceptors (Lipinski definition) is 5. The van der Waals surface area contributed by atoms with Gasteiger partial charge in [0.1, 0.15) is 12.1 Å². The van der Waals surface area contributed by atoms with Crippen LogP contribution in [0.3, 0.4) is 0 Å². The SMILES string of the molecule is CCOc1ccccc1C(NN)c1cncnc1. The van der Waals surface area contributed by atoms with Gasteiger partial charge in [-0.25, -0.2) is 15.4 Å². The van der Waals surface area contributed by atoms with Crippen LogP contribution in [0.4, 0.5) is 0 Å². The van der Waals surface area contributed by atoms with Crippen LogP contribution in [0.1, 0.15) is 24.1 Å². The molecule has 0 spiro atoms. The maximum absolute atomic E-state index is 5.64. The Morgan fingerprint density at radius 1 is 1.28 bits per heavy atom. The molecule has 2 aromatic rings. The minimum absolute atomic E-state index is 0.186. The van der Waals surface area contributed by atoms with Gasteiger partial charge < -0.3 is 4.74 Å². The fourth-order valence-electron chi connectivity index (χ4n) is 1.83. The Balaban J connectivity index is 2.39. The van der Waals surface area contributed by atoms with Gasteiger partial charge in [-0.15, -0.1) is 0 Å². The Morgan fingerprint density at radius 2 is 2.00 bits per heavy atom. The van der Waals surface area contributed by atoms with Crippen molar-refractivity contribution >= 4 is 0 Å².